The van der Waals surface area contributed by atoms with Crippen LogP contribution in [0.5, 0.6) is 11.5 Å². The van der Waals surface area contributed by atoms with Crippen LogP contribution in [0.2, 0.25) is 0 Å². The van der Waals surface area contributed by atoms with Crippen LogP contribution in [0.1, 0.15) is 16.2 Å². The van der Waals surface area contributed by atoms with Crippen LogP contribution in [0.3, 0.4) is 0 Å². The van der Waals surface area contributed by atoms with Crippen molar-refractivity contribution in [1.29, 1.82) is 0 Å². The molecule has 0 aliphatic rings. The van der Waals surface area contributed by atoms with E-state index in [9.17, 15) is 4.79 Å². The molecule has 2 N–H and O–H groups in total. The molecule has 3 rings (SSSR count). The first-order chi connectivity index (χ1) is 13.1. The molecule has 3 aromatic rings. The van der Waals surface area contributed by atoms with Crippen LogP contribution in [0.4, 0.5) is 17.3 Å². The third-order valence-electron chi connectivity index (χ3n) is 3.74. The minimum Gasteiger partial charge on any atom is -0.497 e. The highest BCUT2D eigenvalue weighted by molar-refractivity contribution is 6.03. The second-order valence-corrected chi connectivity index (χ2v) is 5.76. The van der Waals surface area contributed by atoms with E-state index in [4.69, 9.17) is 9.47 Å². The van der Waals surface area contributed by atoms with E-state index >= 15 is 0 Å². The summed E-state index contributed by atoms with van der Waals surface area (Å²) in [5, 5.41) is 5.91. The van der Waals surface area contributed by atoms with Crippen molar-refractivity contribution >= 4 is 23.2 Å². The fourth-order valence-corrected chi connectivity index (χ4v) is 2.47. The number of aromatic nitrogens is 2. The molecule has 0 aliphatic heterocycles. The maximum Gasteiger partial charge on any atom is 0.274 e. The quantitative estimate of drug-likeness (QED) is 0.692. The summed E-state index contributed by atoms with van der Waals surface area (Å²) < 4.78 is 10.4. The molecule has 0 atom stereocenters. The van der Waals surface area contributed by atoms with Crippen LogP contribution in [0.15, 0.2) is 54.6 Å². The summed E-state index contributed by atoms with van der Waals surface area (Å²) in [4.78, 5) is 21.2. The first-order valence-electron chi connectivity index (χ1n) is 8.29. The molecule has 1 aromatic heterocycles. The molecule has 0 unspecified atom stereocenters. The molecule has 0 aliphatic carbocycles. The number of nitrogens with one attached hydrogen (secondary N) is 2. The van der Waals surface area contributed by atoms with Crippen molar-refractivity contribution in [3.05, 3.63) is 66.0 Å². The maximum absolute atomic E-state index is 12.6. The molecular weight excluding hydrogens is 344 g/mol. The predicted molar refractivity (Wildman–Crippen MR) is 104 cm³/mol. The van der Waals surface area contributed by atoms with Gasteiger partial charge in [-0.2, -0.15) is 0 Å². The monoisotopic (exact) mass is 364 g/mol. The highest BCUT2D eigenvalue weighted by atomic mass is 16.5. The maximum atomic E-state index is 12.6. The van der Waals surface area contributed by atoms with Gasteiger partial charge in [0.2, 0.25) is 5.95 Å². The molecule has 2 aromatic carbocycles. The molecule has 0 bridgehead atoms. The van der Waals surface area contributed by atoms with Gasteiger partial charge in [0.1, 0.15) is 17.2 Å². The Hall–Kier alpha value is -3.61. The first kappa shape index (κ1) is 18.2. The lowest BCUT2D eigenvalue weighted by Gasteiger charge is -2.10. The van der Waals surface area contributed by atoms with E-state index in [2.05, 4.69) is 20.6 Å². The zero-order chi connectivity index (χ0) is 19.2. The van der Waals surface area contributed by atoms with E-state index in [1.54, 1.807) is 51.5 Å². The number of anilines is 3. The Balaban J connectivity index is 1.80. The number of benzene rings is 2. The fourth-order valence-electron chi connectivity index (χ4n) is 2.47. The topological polar surface area (TPSA) is 85.4 Å². The van der Waals surface area contributed by atoms with E-state index in [0.717, 1.165) is 5.69 Å². The summed E-state index contributed by atoms with van der Waals surface area (Å²) in [5.41, 5.74) is 2.32. The van der Waals surface area contributed by atoms with Crippen LogP contribution in [-0.4, -0.2) is 30.1 Å². The molecule has 1 amide bonds. The normalized spacial score (nSPS) is 10.2. The number of rotatable bonds is 6. The van der Waals surface area contributed by atoms with Crippen LogP contribution < -0.4 is 20.1 Å². The Labute approximate surface area is 157 Å². The molecule has 0 spiro atoms. The number of carbonyl (C=O) groups is 1. The molecule has 7 heteroatoms. The Kier molecular flexibility index (Phi) is 5.51. The summed E-state index contributed by atoms with van der Waals surface area (Å²) in [6.45, 7) is 1.81. The number of carbonyl (C=O) groups excluding carboxylic acids is 1. The Bertz CT molecular complexity index is 959. The van der Waals surface area contributed by atoms with Gasteiger partial charge in [0, 0.05) is 29.2 Å². The number of methoxy groups -OCH3 is 2. The molecule has 0 saturated heterocycles. The van der Waals surface area contributed by atoms with Gasteiger partial charge in [-0.1, -0.05) is 12.1 Å². The standard InChI is InChI=1S/C20H20N4O3/c1-13-10-18(19(25)22-14-6-4-8-16(11-14)26-2)24-20(21-13)23-15-7-5-9-17(12-15)27-3/h4-12H,1-3H3,(H,22,25)(H,21,23,24). The van der Waals surface area contributed by atoms with Gasteiger partial charge in [0.25, 0.3) is 5.91 Å². The van der Waals surface area contributed by atoms with E-state index in [0.29, 0.717) is 28.8 Å². The molecule has 7 nitrogen and oxygen atoms in total. The summed E-state index contributed by atoms with van der Waals surface area (Å²) in [6.07, 6.45) is 0. The Morgan fingerprint density at radius 1 is 0.889 bits per heavy atom. The van der Waals surface area contributed by atoms with E-state index in [-0.39, 0.29) is 11.6 Å². The van der Waals surface area contributed by atoms with Gasteiger partial charge < -0.3 is 20.1 Å². The number of aryl methyl sites for hydroxylation is 1. The Morgan fingerprint density at radius 3 is 2.19 bits per heavy atom. The van der Waals surface area contributed by atoms with Gasteiger partial charge in [0.05, 0.1) is 14.2 Å². The predicted octanol–water partition coefficient (Wildman–Crippen LogP) is 3.80. The minimum atomic E-state index is -0.331. The van der Waals surface area contributed by atoms with Gasteiger partial charge in [-0.3, -0.25) is 4.79 Å². The van der Waals surface area contributed by atoms with Crippen molar-refractivity contribution in [3.8, 4) is 11.5 Å². The van der Waals surface area contributed by atoms with Crippen molar-refractivity contribution in [2.75, 3.05) is 24.9 Å². The molecule has 138 valence electrons. The fraction of sp³-hybridized carbons (Fsp3) is 0.150. The number of hydrogen-bond donors (Lipinski definition) is 2. The largest absolute Gasteiger partial charge is 0.497 e. The van der Waals surface area contributed by atoms with Crippen molar-refractivity contribution in [2.24, 2.45) is 0 Å². The van der Waals surface area contributed by atoms with Gasteiger partial charge in [-0.15, -0.1) is 0 Å². The molecule has 27 heavy (non-hydrogen) atoms. The SMILES string of the molecule is COc1cccc(NC(=O)c2cc(C)nc(Nc3cccc(OC)c3)n2)c1. The van der Waals surface area contributed by atoms with E-state index in [1.165, 1.54) is 0 Å². The summed E-state index contributed by atoms with van der Waals surface area (Å²) in [6, 6.07) is 16.1. The summed E-state index contributed by atoms with van der Waals surface area (Å²) >= 11 is 0. The zero-order valence-electron chi connectivity index (χ0n) is 15.3. The third-order valence-corrected chi connectivity index (χ3v) is 3.74. The molecule has 0 radical (unpaired) electrons. The zero-order valence-corrected chi connectivity index (χ0v) is 15.3. The highest BCUT2D eigenvalue weighted by Crippen LogP contribution is 2.21. The van der Waals surface area contributed by atoms with E-state index < -0.39 is 0 Å². The second kappa shape index (κ2) is 8.18. The molecule has 0 saturated carbocycles. The van der Waals surface area contributed by atoms with Gasteiger partial charge >= 0.3 is 0 Å². The van der Waals surface area contributed by atoms with Crippen LogP contribution in [0.25, 0.3) is 0 Å². The Morgan fingerprint density at radius 2 is 1.52 bits per heavy atom. The van der Waals surface area contributed by atoms with Gasteiger partial charge in [-0.25, -0.2) is 9.97 Å². The molecule has 1 heterocycles. The smallest absolute Gasteiger partial charge is 0.274 e. The van der Waals surface area contributed by atoms with Crippen LogP contribution >= 0.6 is 0 Å². The second-order valence-electron chi connectivity index (χ2n) is 5.76. The number of ether oxygens (including phenoxy) is 2. The number of nitrogens with zero attached hydrogens (tertiary/aromatic N) is 2. The van der Waals surface area contributed by atoms with Crippen molar-refractivity contribution < 1.29 is 14.3 Å². The van der Waals surface area contributed by atoms with Crippen molar-refractivity contribution in [2.45, 2.75) is 6.92 Å². The third kappa shape index (κ3) is 4.72. The lowest BCUT2D eigenvalue weighted by molar-refractivity contribution is 0.102. The van der Waals surface area contributed by atoms with Crippen LogP contribution in [0, 0.1) is 6.92 Å². The average Bonchev–Trinajstić information content (AvgIpc) is 2.67. The number of amides is 1. The summed E-state index contributed by atoms with van der Waals surface area (Å²) in [7, 11) is 3.18. The minimum absolute atomic E-state index is 0.260. The van der Waals surface area contributed by atoms with Crippen molar-refractivity contribution in [1.82, 2.24) is 9.97 Å². The lowest BCUT2D eigenvalue weighted by Crippen LogP contribution is -2.15. The summed E-state index contributed by atoms with van der Waals surface area (Å²) in [5.74, 6) is 1.37. The van der Waals surface area contributed by atoms with Gasteiger partial charge in [-0.05, 0) is 37.3 Å². The molecular formula is C20H20N4O3. The lowest BCUT2D eigenvalue weighted by atomic mass is 10.2. The molecule has 0 fully saturated rings. The van der Waals surface area contributed by atoms with Crippen molar-refractivity contribution in [3.63, 3.8) is 0 Å². The average molecular weight is 364 g/mol. The van der Waals surface area contributed by atoms with Crippen LogP contribution in [-0.2, 0) is 0 Å². The highest BCUT2D eigenvalue weighted by Gasteiger charge is 2.12. The van der Waals surface area contributed by atoms with Gasteiger partial charge in [0.15, 0.2) is 0 Å². The van der Waals surface area contributed by atoms with E-state index in [1.807, 2.05) is 24.3 Å². The number of hydrogen-bond acceptors (Lipinski definition) is 6. The first-order valence-corrected chi connectivity index (χ1v) is 8.29.